The van der Waals surface area contributed by atoms with E-state index in [9.17, 15) is 9.90 Å². The van der Waals surface area contributed by atoms with Gasteiger partial charge in [-0.15, -0.1) is 0 Å². The van der Waals surface area contributed by atoms with Gasteiger partial charge < -0.3 is 15.6 Å². The van der Waals surface area contributed by atoms with Crippen molar-refractivity contribution in [2.45, 2.75) is 32.8 Å². The molecule has 0 aliphatic carbocycles. The van der Waals surface area contributed by atoms with E-state index in [2.05, 4.69) is 5.32 Å². The topological polar surface area (TPSA) is 84.6 Å². The minimum atomic E-state index is -0.550. The third kappa shape index (κ3) is 4.63. The summed E-state index contributed by atoms with van der Waals surface area (Å²) < 4.78 is 5.11. The van der Waals surface area contributed by atoms with Crippen molar-refractivity contribution in [1.82, 2.24) is 0 Å². The lowest BCUT2D eigenvalue weighted by Crippen LogP contribution is -2.27. The second-order valence-corrected chi connectivity index (χ2v) is 5.01. The number of rotatable bonds is 3. The summed E-state index contributed by atoms with van der Waals surface area (Å²) in [5, 5.41) is 12.3. The van der Waals surface area contributed by atoms with Gasteiger partial charge in [0.1, 0.15) is 11.4 Å². The van der Waals surface area contributed by atoms with Crippen molar-refractivity contribution in [2.75, 3.05) is 11.9 Å². The number of aromatic hydroxyl groups is 1. The highest BCUT2D eigenvalue weighted by Crippen LogP contribution is 2.22. The number of benzene rings is 1. The number of phenolic OH excluding ortho intramolecular Hbond substituents is 1. The summed E-state index contributed by atoms with van der Waals surface area (Å²) in [4.78, 5) is 11.5. The molecular formula is C13H20N2O3. The Morgan fingerprint density at radius 3 is 2.61 bits per heavy atom. The molecule has 4 N–H and O–H groups in total. The van der Waals surface area contributed by atoms with Crippen LogP contribution in [-0.2, 0) is 11.2 Å². The maximum Gasteiger partial charge on any atom is 0.412 e. The summed E-state index contributed by atoms with van der Waals surface area (Å²) in [6.07, 6.45) is 0.0481. The number of nitrogens with one attached hydrogen (secondary N) is 1. The van der Waals surface area contributed by atoms with E-state index in [1.807, 2.05) is 0 Å². The highest BCUT2D eigenvalue weighted by atomic mass is 16.6. The predicted molar refractivity (Wildman–Crippen MR) is 70.7 cm³/mol. The highest BCUT2D eigenvalue weighted by Gasteiger charge is 2.16. The standard InChI is InChI=1S/C13H20N2O3/c1-13(2,3)18-12(17)15-10-5-4-9(6-7-14)11(16)8-10/h4-5,8,16H,6-7,14H2,1-3H3,(H,15,17). The Morgan fingerprint density at radius 2 is 2.11 bits per heavy atom. The predicted octanol–water partition coefficient (Wildman–Crippen LogP) is 2.24. The average molecular weight is 252 g/mol. The van der Waals surface area contributed by atoms with Crippen LogP contribution < -0.4 is 11.1 Å². The van der Waals surface area contributed by atoms with Gasteiger partial charge in [0.15, 0.2) is 0 Å². The summed E-state index contributed by atoms with van der Waals surface area (Å²) in [5.41, 5.74) is 6.11. The SMILES string of the molecule is CC(C)(C)OC(=O)Nc1ccc(CCN)c(O)c1. The maximum absolute atomic E-state index is 11.5. The lowest BCUT2D eigenvalue weighted by molar-refractivity contribution is 0.0636. The van der Waals surface area contributed by atoms with Gasteiger partial charge in [0.25, 0.3) is 0 Å². The molecule has 0 bridgehead atoms. The van der Waals surface area contributed by atoms with Crippen LogP contribution in [0.5, 0.6) is 5.75 Å². The molecule has 1 aromatic rings. The van der Waals surface area contributed by atoms with Gasteiger partial charge in [-0.2, -0.15) is 0 Å². The van der Waals surface area contributed by atoms with Crippen LogP contribution in [0.4, 0.5) is 10.5 Å². The summed E-state index contributed by atoms with van der Waals surface area (Å²) in [6.45, 7) is 5.82. The fraction of sp³-hybridized carbons (Fsp3) is 0.462. The van der Waals surface area contributed by atoms with Crippen molar-refractivity contribution >= 4 is 11.8 Å². The Kier molecular flexibility index (Phi) is 4.55. The molecule has 0 aromatic heterocycles. The van der Waals surface area contributed by atoms with Gasteiger partial charge in [0.2, 0.25) is 0 Å². The first kappa shape index (κ1) is 14.3. The highest BCUT2D eigenvalue weighted by molar-refractivity contribution is 5.85. The van der Waals surface area contributed by atoms with Gasteiger partial charge in [0, 0.05) is 11.8 Å². The fourth-order valence-corrected chi connectivity index (χ4v) is 1.43. The number of carbonyl (C=O) groups is 1. The van der Waals surface area contributed by atoms with Crippen LogP contribution in [0.3, 0.4) is 0 Å². The molecule has 0 saturated heterocycles. The van der Waals surface area contributed by atoms with Crippen LogP contribution in [0.25, 0.3) is 0 Å². The molecule has 1 amide bonds. The third-order valence-corrected chi connectivity index (χ3v) is 2.14. The van der Waals surface area contributed by atoms with E-state index in [0.29, 0.717) is 18.7 Å². The lowest BCUT2D eigenvalue weighted by atomic mass is 10.1. The van der Waals surface area contributed by atoms with Gasteiger partial charge in [-0.25, -0.2) is 4.79 Å². The van der Waals surface area contributed by atoms with E-state index >= 15 is 0 Å². The van der Waals surface area contributed by atoms with Crippen LogP contribution in [0.15, 0.2) is 18.2 Å². The van der Waals surface area contributed by atoms with E-state index in [0.717, 1.165) is 5.56 Å². The molecule has 0 unspecified atom stereocenters. The van der Waals surface area contributed by atoms with Gasteiger partial charge >= 0.3 is 6.09 Å². The van der Waals surface area contributed by atoms with E-state index in [1.54, 1.807) is 32.9 Å². The van der Waals surface area contributed by atoms with Crippen LogP contribution >= 0.6 is 0 Å². The molecule has 0 radical (unpaired) electrons. The lowest BCUT2D eigenvalue weighted by Gasteiger charge is -2.19. The van der Waals surface area contributed by atoms with Crippen LogP contribution in [0.2, 0.25) is 0 Å². The molecule has 0 heterocycles. The molecule has 100 valence electrons. The first-order valence-electron chi connectivity index (χ1n) is 5.84. The normalized spacial score (nSPS) is 11.1. The summed E-state index contributed by atoms with van der Waals surface area (Å²) in [7, 11) is 0. The van der Waals surface area contributed by atoms with Crippen LogP contribution in [0, 0.1) is 0 Å². The molecule has 0 spiro atoms. The van der Waals surface area contributed by atoms with Crippen molar-refractivity contribution in [2.24, 2.45) is 5.73 Å². The van der Waals surface area contributed by atoms with Gasteiger partial charge in [-0.3, -0.25) is 5.32 Å². The molecule has 18 heavy (non-hydrogen) atoms. The van der Waals surface area contributed by atoms with E-state index < -0.39 is 11.7 Å². The van der Waals surface area contributed by atoms with Crippen molar-refractivity contribution in [3.8, 4) is 5.75 Å². The maximum atomic E-state index is 11.5. The largest absolute Gasteiger partial charge is 0.508 e. The van der Waals surface area contributed by atoms with Crippen LogP contribution in [0.1, 0.15) is 26.3 Å². The quantitative estimate of drug-likeness (QED) is 0.770. The minimum absolute atomic E-state index is 0.119. The molecule has 0 saturated carbocycles. The molecule has 0 aliphatic rings. The molecule has 1 aromatic carbocycles. The average Bonchev–Trinajstić information content (AvgIpc) is 2.19. The van der Waals surface area contributed by atoms with E-state index in [4.69, 9.17) is 10.5 Å². The Hall–Kier alpha value is -1.75. The molecule has 1 rings (SSSR count). The Labute approximate surface area is 107 Å². The van der Waals surface area contributed by atoms with Gasteiger partial charge in [-0.05, 0) is 45.4 Å². The number of amides is 1. The Morgan fingerprint density at radius 1 is 1.44 bits per heavy atom. The molecule has 0 atom stereocenters. The van der Waals surface area contributed by atoms with Gasteiger partial charge in [0.05, 0.1) is 0 Å². The van der Waals surface area contributed by atoms with E-state index in [-0.39, 0.29) is 5.75 Å². The number of hydrogen-bond donors (Lipinski definition) is 3. The summed E-state index contributed by atoms with van der Waals surface area (Å²) >= 11 is 0. The number of phenols is 1. The molecule has 0 fully saturated rings. The number of anilines is 1. The molecule has 5 nitrogen and oxygen atoms in total. The van der Waals surface area contributed by atoms with Crippen molar-refractivity contribution in [3.05, 3.63) is 23.8 Å². The summed E-state index contributed by atoms with van der Waals surface area (Å²) in [6, 6.07) is 4.92. The summed E-state index contributed by atoms with van der Waals surface area (Å²) in [5.74, 6) is 0.119. The van der Waals surface area contributed by atoms with Crippen molar-refractivity contribution in [1.29, 1.82) is 0 Å². The first-order chi connectivity index (χ1) is 8.31. The number of nitrogens with two attached hydrogens (primary N) is 1. The van der Waals surface area contributed by atoms with Gasteiger partial charge in [-0.1, -0.05) is 6.07 Å². The Balaban J connectivity index is 2.69. The second-order valence-electron chi connectivity index (χ2n) is 5.01. The van der Waals surface area contributed by atoms with Crippen LogP contribution in [-0.4, -0.2) is 23.3 Å². The molecule has 0 aliphatic heterocycles. The first-order valence-corrected chi connectivity index (χ1v) is 5.84. The second kappa shape index (κ2) is 5.73. The minimum Gasteiger partial charge on any atom is -0.508 e. The number of carbonyl (C=O) groups excluding carboxylic acids is 1. The molecule has 5 heteroatoms. The monoisotopic (exact) mass is 252 g/mol. The third-order valence-electron chi connectivity index (χ3n) is 2.14. The van der Waals surface area contributed by atoms with E-state index in [1.165, 1.54) is 6.07 Å². The Bertz CT molecular complexity index is 425. The zero-order chi connectivity index (χ0) is 13.8. The number of ether oxygens (including phenoxy) is 1. The fourth-order valence-electron chi connectivity index (χ4n) is 1.43. The number of hydrogen-bond acceptors (Lipinski definition) is 4. The zero-order valence-corrected chi connectivity index (χ0v) is 11.0. The molecular weight excluding hydrogens is 232 g/mol. The van der Waals surface area contributed by atoms with Crippen molar-refractivity contribution < 1.29 is 14.6 Å². The zero-order valence-electron chi connectivity index (χ0n) is 11.0. The van der Waals surface area contributed by atoms with Crippen molar-refractivity contribution in [3.63, 3.8) is 0 Å². The smallest absolute Gasteiger partial charge is 0.412 e.